The van der Waals surface area contributed by atoms with E-state index < -0.39 is 60.2 Å². The third-order valence-corrected chi connectivity index (χ3v) is 9.95. The summed E-state index contributed by atoms with van der Waals surface area (Å²) in [6, 6.07) is 12.5. The number of aromatic carboxylic acids is 1. The Morgan fingerprint density at radius 2 is 1.72 bits per heavy atom. The van der Waals surface area contributed by atoms with Gasteiger partial charge in [-0.15, -0.1) is 0 Å². The number of alkyl halides is 1. The molecule has 5 rings (SSSR count). The van der Waals surface area contributed by atoms with Crippen molar-refractivity contribution in [2.24, 2.45) is 24.6 Å². The summed E-state index contributed by atoms with van der Waals surface area (Å²) in [6.07, 6.45) is 1.53. The number of carbonyl (C=O) groups is 4. The smallest absolute Gasteiger partial charge is 0.407 e. The number of nitrogens with two attached hydrogens (primary N) is 1. The third-order valence-electron chi connectivity index (χ3n) is 9.59. The van der Waals surface area contributed by atoms with Gasteiger partial charge in [0.1, 0.15) is 24.0 Å². The molecule has 2 aromatic carbocycles. The first-order valence-electron chi connectivity index (χ1n) is 16.0. The van der Waals surface area contributed by atoms with Crippen molar-refractivity contribution in [1.82, 2.24) is 14.8 Å². The van der Waals surface area contributed by atoms with E-state index in [9.17, 15) is 28.7 Å². The minimum atomic E-state index is -1.18. The fourth-order valence-corrected chi connectivity index (χ4v) is 7.90. The van der Waals surface area contributed by atoms with E-state index in [0.29, 0.717) is 48.6 Å². The molecule has 1 aromatic heterocycles. The summed E-state index contributed by atoms with van der Waals surface area (Å²) in [5, 5.41) is 13.1. The first kappa shape index (κ1) is 34.2. The number of likely N-dealkylation sites (tertiary alicyclic amines) is 1. The van der Waals surface area contributed by atoms with Gasteiger partial charge in [-0.3, -0.25) is 9.59 Å². The molecular weight excluding hydrogens is 627 g/mol. The van der Waals surface area contributed by atoms with Gasteiger partial charge >= 0.3 is 12.1 Å². The van der Waals surface area contributed by atoms with Crippen LogP contribution in [0.5, 0.6) is 0 Å². The molecule has 1 aliphatic heterocycles. The number of primary amides is 1. The van der Waals surface area contributed by atoms with Crippen LogP contribution in [-0.4, -0.2) is 62.8 Å². The fourth-order valence-electron chi connectivity index (χ4n) is 7.49. The van der Waals surface area contributed by atoms with E-state index in [1.165, 1.54) is 4.57 Å². The molecule has 2 aliphatic rings. The standard InChI is InChI=1S/C35H42ClFN4O6/c1-35(2,3)47-34(46)39-24(18-37)20-13-15-21(16-14-20)32(43)41-26(17-23(29(41)31(38)42)19-9-6-5-7-10-19)22-11-8-12-25-27(22)28(36)30(33(44)45)40(25)4/h5-12,20-21,23-24,26,29H,13-18H2,1-4H3,(H2,38,42)(H,39,46)(H,44,45)/t20-,21-,23-,24?,26?,29+/m1/s1. The highest BCUT2D eigenvalue weighted by molar-refractivity contribution is 6.39. The Balaban J connectivity index is 1.48. The Kier molecular flexibility index (Phi) is 9.86. The molecular formula is C35H42ClFN4O6. The second-order valence-corrected chi connectivity index (χ2v) is 14.0. The highest BCUT2D eigenvalue weighted by Gasteiger charge is 2.50. The minimum Gasteiger partial charge on any atom is -0.477 e. The van der Waals surface area contributed by atoms with Crippen molar-refractivity contribution in [3.05, 3.63) is 70.4 Å². The number of benzene rings is 2. The quantitative estimate of drug-likeness (QED) is 0.264. The highest BCUT2D eigenvalue weighted by atomic mass is 35.5. The average Bonchev–Trinajstić information content (AvgIpc) is 3.55. The van der Waals surface area contributed by atoms with Crippen LogP contribution in [0.4, 0.5) is 9.18 Å². The van der Waals surface area contributed by atoms with Crippen LogP contribution in [0.2, 0.25) is 5.02 Å². The van der Waals surface area contributed by atoms with Crippen LogP contribution in [0.1, 0.15) is 86.5 Å². The molecule has 3 amide bonds. The molecule has 2 unspecified atom stereocenters. The predicted molar refractivity (Wildman–Crippen MR) is 176 cm³/mol. The zero-order valence-electron chi connectivity index (χ0n) is 27.0. The number of aryl methyl sites for hydroxylation is 1. The van der Waals surface area contributed by atoms with Gasteiger partial charge in [-0.05, 0) is 76.0 Å². The molecule has 10 nitrogen and oxygen atoms in total. The van der Waals surface area contributed by atoms with Gasteiger partial charge in [0.15, 0.2) is 0 Å². The molecule has 1 aliphatic carbocycles. The van der Waals surface area contributed by atoms with Gasteiger partial charge in [0.25, 0.3) is 0 Å². The van der Waals surface area contributed by atoms with Crippen LogP contribution in [0.15, 0.2) is 48.5 Å². The van der Waals surface area contributed by atoms with Crippen LogP contribution >= 0.6 is 11.6 Å². The van der Waals surface area contributed by atoms with Crippen molar-refractivity contribution in [2.75, 3.05) is 6.67 Å². The monoisotopic (exact) mass is 668 g/mol. The number of hydrogen-bond acceptors (Lipinski definition) is 5. The van der Waals surface area contributed by atoms with Gasteiger partial charge in [-0.25, -0.2) is 14.0 Å². The first-order valence-corrected chi connectivity index (χ1v) is 16.3. The fraction of sp³-hybridized carbons (Fsp3) is 0.486. The highest BCUT2D eigenvalue weighted by Crippen LogP contribution is 2.49. The third kappa shape index (κ3) is 6.81. The number of carbonyl (C=O) groups excluding carboxylic acids is 3. The van der Waals surface area contributed by atoms with Crippen LogP contribution in [-0.2, 0) is 21.4 Å². The summed E-state index contributed by atoms with van der Waals surface area (Å²) in [5.74, 6) is -3.13. The number of ether oxygens (including phenoxy) is 1. The number of nitrogens with one attached hydrogen (secondary N) is 1. The topological polar surface area (TPSA) is 144 Å². The lowest BCUT2D eigenvalue weighted by Gasteiger charge is -2.37. The van der Waals surface area contributed by atoms with E-state index in [4.69, 9.17) is 22.1 Å². The van der Waals surface area contributed by atoms with Gasteiger partial charge in [-0.2, -0.15) is 0 Å². The van der Waals surface area contributed by atoms with Crippen LogP contribution < -0.4 is 11.1 Å². The lowest BCUT2D eigenvalue weighted by molar-refractivity contribution is -0.144. The maximum Gasteiger partial charge on any atom is 0.407 e. The van der Waals surface area contributed by atoms with Gasteiger partial charge < -0.3 is 30.4 Å². The average molecular weight is 669 g/mol. The Hall–Kier alpha value is -4.12. The van der Waals surface area contributed by atoms with Crippen LogP contribution in [0.3, 0.4) is 0 Å². The number of hydrogen-bond donors (Lipinski definition) is 3. The predicted octanol–water partition coefficient (Wildman–Crippen LogP) is 6.11. The van der Waals surface area contributed by atoms with Gasteiger partial charge in [0.05, 0.1) is 22.6 Å². The Morgan fingerprint density at radius 3 is 2.30 bits per heavy atom. The lowest BCUT2D eigenvalue weighted by Crippen LogP contribution is -2.50. The number of aromatic nitrogens is 1. The van der Waals surface area contributed by atoms with Crippen molar-refractivity contribution in [2.45, 2.75) is 82.5 Å². The van der Waals surface area contributed by atoms with E-state index in [1.54, 1.807) is 44.9 Å². The number of carboxylic acid groups (broad SMARTS) is 1. The van der Waals surface area contributed by atoms with E-state index in [2.05, 4.69) is 5.32 Å². The summed E-state index contributed by atoms with van der Waals surface area (Å²) < 4.78 is 20.9. The zero-order valence-corrected chi connectivity index (χ0v) is 27.8. The van der Waals surface area contributed by atoms with Gasteiger partial charge in [0, 0.05) is 24.3 Å². The second kappa shape index (κ2) is 13.5. The molecule has 2 fully saturated rings. The summed E-state index contributed by atoms with van der Waals surface area (Å²) >= 11 is 6.73. The van der Waals surface area contributed by atoms with Crippen molar-refractivity contribution in [3.8, 4) is 0 Å². The summed E-state index contributed by atoms with van der Waals surface area (Å²) in [4.78, 5) is 53.9. The van der Waals surface area contributed by atoms with Crippen molar-refractivity contribution >= 4 is 46.4 Å². The van der Waals surface area contributed by atoms with Crippen molar-refractivity contribution < 1.29 is 33.4 Å². The Morgan fingerprint density at radius 1 is 1.06 bits per heavy atom. The van der Waals surface area contributed by atoms with E-state index in [0.717, 1.165) is 5.56 Å². The largest absolute Gasteiger partial charge is 0.477 e. The van der Waals surface area contributed by atoms with Crippen molar-refractivity contribution in [3.63, 3.8) is 0 Å². The summed E-state index contributed by atoms with van der Waals surface area (Å²) in [7, 11) is 1.62. The number of halogens is 2. The van der Waals surface area contributed by atoms with E-state index >= 15 is 0 Å². The zero-order chi connectivity index (χ0) is 34.2. The summed E-state index contributed by atoms with van der Waals surface area (Å²) in [6.45, 7) is 4.44. The Labute approximate surface area is 278 Å². The summed E-state index contributed by atoms with van der Waals surface area (Å²) in [5.41, 5.74) is 7.36. The van der Waals surface area contributed by atoms with Gasteiger partial charge in [0.2, 0.25) is 11.8 Å². The molecule has 252 valence electrons. The molecule has 1 saturated carbocycles. The van der Waals surface area contributed by atoms with Gasteiger partial charge in [-0.1, -0.05) is 54.1 Å². The molecule has 1 saturated heterocycles. The normalized spacial score (nSPS) is 23.8. The van der Waals surface area contributed by atoms with Crippen molar-refractivity contribution in [1.29, 1.82) is 0 Å². The van der Waals surface area contributed by atoms with E-state index in [1.807, 2.05) is 36.4 Å². The SMILES string of the molecule is Cn1c(C(=O)O)c(Cl)c2c(C3C[C@H](c4ccccc4)[C@@H](C(N)=O)N3C(=O)[C@H]3CC[C@H](C(CF)NC(=O)OC(C)(C)C)CC3)cccc21. The lowest BCUT2D eigenvalue weighted by atomic mass is 9.78. The molecule has 4 N–H and O–H groups in total. The van der Waals surface area contributed by atoms with Crippen LogP contribution in [0, 0.1) is 11.8 Å². The maximum absolute atomic E-state index is 14.6. The number of alkyl carbamates (subject to hydrolysis) is 1. The first-order chi connectivity index (χ1) is 22.2. The number of fused-ring (bicyclic) bond motifs is 1. The molecule has 12 heteroatoms. The molecule has 47 heavy (non-hydrogen) atoms. The van der Waals surface area contributed by atoms with E-state index in [-0.39, 0.29) is 22.5 Å². The number of rotatable bonds is 8. The maximum atomic E-state index is 14.6. The molecule has 0 spiro atoms. The number of amides is 3. The molecule has 2 heterocycles. The minimum absolute atomic E-state index is 0.0621. The molecule has 4 atom stereocenters. The van der Waals surface area contributed by atoms with Crippen LogP contribution in [0.25, 0.3) is 10.9 Å². The Bertz CT molecular complexity index is 1660. The number of nitrogens with zero attached hydrogens (tertiary/aromatic N) is 2. The molecule has 0 bridgehead atoms. The number of carboxylic acids is 1. The second-order valence-electron chi connectivity index (χ2n) is 13.6. The molecule has 0 radical (unpaired) electrons. The molecule has 3 aromatic rings.